The molecule has 0 saturated heterocycles. The lowest BCUT2D eigenvalue weighted by Crippen LogP contribution is -2.20. The summed E-state index contributed by atoms with van der Waals surface area (Å²) in [5.41, 5.74) is 3.46. The van der Waals surface area contributed by atoms with E-state index in [2.05, 4.69) is 22.2 Å². The first kappa shape index (κ1) is 13.3. The molecule has 1 N–H and O–H groups in total. The number of aryl methyl sites for hydroxylation is 1. The fourth-order valence-electron chi connectivity index (χ4n) is 2.00. The molecule has 0 spiro atoms. The molecule has 2 aromatic rings. The lowest BCUT2D eigenvalue weighted by atomic mass is 10.0. The first-order valence-corrected chi connectivity index (χ1v) is 6.22. The van der Waals surface area contributed by atoms with Crippen molar-refractivity contribution in [2.45, 2.75) is 20.3 Å². The maximum absolute atomic E-state index is 12.0. The van der Waals surface area contributed by atoms with Crippen molar-refractivity contribution in [3.63, 3.8) is 0 Å². The van der Waals surface area contributed by atoms with Gasteiger partial charge in [0.05, 0.1) is 5.52 Å². The number of anilines is 1. The van der Waals surface area contributed by atoms with Crippen molar-refractivity contribution >= 4 is 22.6 Å². The Labute approximate surface area is 112 Å². The second-order valence-corrected chi connectivity index (χ2v) is 4.97. The Kier molecular flexibility index (Phi) is 3.64. The second-order valence-electron chi connectivity index (χ2n) is 4.97. The van der Waals surface area contributed by atoms with E-state index in [-0.39, 0.29) is 11.8 Å². The minimum absolute atomic E-state index is 0.00811. The van der Waals surface area contributed by atoms with E-state index in [0.29, 0.717) is 6.42 Å². The number of allylic oxidation sites excluding steroid dienone is 1. The third-order valence-electron chi connectivity index (χ3n) is 2.98. The van der Waals surface area contributed by atoms with Crippen molar-refractivity contribution in [1.29, 1.82) is 0 Å². The largest absolute Gasteiger partial charge is 0.326 e. The van der Waals surface area contributed by atoms with Gasteiger partial charge in [0.1, 0.15) is 5.52 Å². The lowest BCUT2D eigenvalue weighted by Gasteiger charge is -2.11. The molecule has 1 atom stereocenters. The molecule has 1 heterocycles. The number of benzene rings is 1. The summed E-state index contributed by atoms with van der Waals surface area (Å²) in [6, 6.07) is 5.58. The summed E-state index contributed by atoms with van der Waals surface area (Å²) in [7, 11) is 1.84. The van der Waals surface area contributed by atoms with Crippen LogP contribution in [0.15, 0.2) is 30.4 Å². The van der Waals surface area contributed by atoms with Crippen LogP contribution < -0.4 is 5.32 Å². The second kappa shape index (κ2) is 5.22. The zero-order valence-electron chi connectivity index (χ0n) is 11.5. The molecule has 1 amide bonds. The van der Waals surface area contributed by atoms with Gasteiger partial charge in [0.2, 0.25) is 5.91 Å². The Morgan fingerprint density at radius 2 is 2.26 bits per heavy atom. The van der Waals surface area contributed by atoms with E-state index in [0.717, 1.165) is 22.3 Å². The Morgan fingerprint density at radius 3 is 2.95 bits per heavy atom. The van der Waals surface area contributed by atoms with E-state index < -0.39 is 0 Å². The fraction of sp³-hybridized carbons (Fsp3) is 0.357. The molecule has 19 heavy (non-hydrogen) atoms. The van der Waals surface area contributed by atoms with Crippen LogP contribution in [0.3, 0.4) is 0 Å². The standard InChI is InChI=1S/C14H18N4O/c1-9(2)7-10(3)14(19)15-11-5-6-13-12(8-11)16-17-18(13)4/h5-6,8,10H,1,7H2,2-4H3,(H,15,19). The van der Waals surface area contributed by atoms with E-state index in [1.165, 1.54) is 0 Å². The van der Waals surface area contributed by atoms with Crippen molar-refractivity contribution in [1.82, 2.24) is 15.0 Å². The SMILES string of the molecule is C=C(C)CC(C)C(=O)Nc1ccc2c(c1)nnn2C. The predicted octanol–water partition coefficient (Wildman–Crippen LogP) is 2.51. The average molecular weight is 258 g/mol. The van der Waals surface area contributed by atoms with Gasteiger partial charge >= 0.3 is 0 Å². The Bertz CT molecular complexity index is 629. The molecule has 0 aliphatic heterocycles. The molecule has 0 aliphatic carbocycles. The summed E-state index contributed by atoms with van der Waals surface area (Å²) in [6.45, 7) is 7.65. The van der Waals surface area contributed by atoms with E-state index in [9.17, 15) is 4.79 Å². The van der Waals surface area contributed by atoms with Gasteiger partial charge in [0.15, 0.2) is 0 Å². The number of hydrogen-bond acceptors (Lipinski definition) is 3. The smallest absolute Gasteiger partial charge is 0.227 e. The molecule has 5 nitrogen and oxygen atoms in total. The maximum Gasteiger partial charge on any atom is 0.227 e. The molecular formula is C14H18N4O. The molecule has 1 aromatic heterocycles. The fourth-order valence-corrected chi connectivity index (χ4v) is 2.00. The highest BCUT2D eigenvalue weighted by Crippen LogP contribution is 2.18. The van der Waals surface area contributed by atoms with Crippen LogP contribution in [0.4, 0.5) is 5.69 Å². The molecule has 1 unspecified atom stereocenters. The average Bonchev–Trinajstić information content (AvgIpc) is 2.70. The van der Waals surface area contributed by atoms with Gasteiger partial charge in [-0.25, -0.2) is 4.68 Å². The monoisotopic (exact) mass is 258 g/mol. The highest BCUT2D eigenvalue weighted by Gasteiger charge is 2.13. The molecule has 0 radical (unpaired) electrons. The van der Waals surface area contributed by atoms with E-state index in [4.69, 9.17) is 0 Å². The highest BCUT2D eigenvalue weighted by molar-refractivity contribution is 5.94. The van der Waals surface area contributed by atoms with Gasteiger partial charge in [-0.2, -0.15) is 0 Å². The van der Waals surface area contributed by atoms with Crippen LogP contribution in [0.5, 0.6) is 0 Å². The van der Waals surface area contributed by atoms with Crippen molar-refractivity contribution in [2.75, 3.05) is 5.32 Å². The Balaban J connectivity index is 2.12. The molecule has 2 rings (SSSR count). The van der Waals surface area contributed by atoms with Crippen LogP contribution in [-0.4, -0.2) is 20.9 Å². The normalized spacial score (nSPS) is 12.4. The number of rotatable bonds is 4. The Morgan fingerprint density at radius 1 is 1.53 bits per heavy atom. The number of hydrogen-bond donors (Lipinski definition) is 1. The highest BCUT2D eigenvalue weighted by atomic mass is 16.1. The number of fused-ring (bicyclic) bond motifs is 1. The summed E-state index contributed by atoms with van der Waals surface area (Å²) in [4.78, 5) is 12.0. The molecule has 0 aliphatic rings. The van der Waals surface area contributed by atoms with Gasteiger partial charge in [-0.1, -0.05) is 17.7 Å². The molecule has 100 valence electrons. The topological polar surface area (TPSA) is 59.8 Å². The van der Waals surface area contributed by atoms with Gasteiger partial charge in [0.25, 0.3) is 0 Å². The van der Waals surface area contributed by atoms with Gasteiger partial charge in [-0.15, -0.1) is 11.7 Å². The van der Waals surface area contributed by atoms with Crippen molar-refractivity contribution in [3.05, 3.63) is 30.4 Å². The van der Waals surface area contributed by atoms with E-state index >= 15 is 0 Å². The van der Waals surface area contributed by atoms with Crippen LogP contribution in [-0.2, 0) is 11.8 Å². The van der Waals surface area contributed by atoms with Crippen LogP contribution in [0.1, 0.15) is 20.3 Å². The molecule has 0 fully saturated rings. The zero-order chi connectivity index (χ0) is 14.0. The van der Waals surface area contributed by atoms with Crippen LogP contribution >= 0.6 is 0 Å². The molecule has 0 bridgehead atoms. The molecule has 1 aromatic carbocycles. The third-order valence-corrected chi connectivity index (χ3v) is 2.98. The minimum atomic E-state index is -0.0879. The zero-order valence-corrected chi connectivity index (χ0v) is 11.5. The summed E-state index contributed by atoms with van der Waals surface area (Å²) >= 11 is 0. The third kappa shape index (κ3) is 2.99. The molecule has 0 saturated carbocycles. The summed E-state index contributed by atoms with van der Waals surface area (Å²) in [6.07, 6.45) is 0.694. The first-order valence-electron chi connectivity index (χ1n) is 6.22. The molecular weight excluding hydrogens is 240 g/mol. The number of carbonyl (C=O) groups is 1. The van der Waals surface area contributed by atoms with E-state index in [1.54, 1.807) is 4.68 Å². The number of nitrogens with zero attached hydrogens (tertiary/aromatic N) is 3. The van der Waals surface area contributed by atoms with Crippen molar-refractivity contribution in [2.24, 2.45) is 13.0 Å². The quantitative estimate of drug-likeness (QED) is 0.857. The number of carbonyl (C=O) groups excluding carboxylic acids is 1. The van der Waals surface area contributed by atoms with E-state index in [1.807, 2.05) is 39.1 Å². The van der Waals surface area contributed by atoms with Gasteiger partial charge in [-0.05, 0) is 31.5 Å². The van der Waals surface area contributed by atoms with Gasteiger partial charge in [-0.3, -0.25) is 4.79 Å². The predicted molar refractivity (Wildman–Crippen MR) is 75.7 cm³/mol. The van der Waals surface area contributed by atoms with Crippen molar-refractivity contribution < 1.29 is 4.79 Å². The van der Waals surface area contributed by atoms with Crippen LogP contribution in [0.2, 0.25) is 0 Å². The number of amides is 1. The summed E-state index contributed by atoms with van der Waals surface area (Å²) in [5, 5.41) is 10.9. The van der Waals surface area contributed by atoms with Crippen molar-refractivity contribution in [3.8, 4) is 0 Å². The maximum atomic E-state index is 12.0. The lowest BCUT2D eigenvalue weighted by molar-refractivity contribution is -0.119. The first-order chi connectivity index (χ1) is 8.97. The Hall–Kier alpha value is -2.17. The van der Waals surface area contributed by atoms with Gasteiger partial charge in [0, 0.05) is 18.7 Å². The molecule has 5 heteroatoms. The minimum Gasteiger partial charge on any atom is -0.326 e. The van der Waals surface area contributed by atoms with Crippen LogP contribution in [0, 0.1) is 5.92 Å². The summed E-state index contributed by atoms with van der Waals surface area (Å²) in [5.74, 6) is -0.0960. The number of aromatic nitrogens is 3. The summed E-state index contributed by atoms with van der Waals surface area (Å²) < 4.78 is 1.70. The van der Waals surface area contributed by atoms with Gasteiger partial charge < -0.3 is 5.32 Å². The number of nitrogens with one attached hydrogen (secondary N) is 1. The van der Waals surface area contributed by atoms with Crippen LogP contribution in [0.25, 0.3) is 11.0 Å².